The first-order valence-corrected chi connectivity index (χ1v) is 6.16. The number of nitrogens with zero attached hydrogens (tertiary/aromatic N) is 1. The van der Waals surface area contributed by atoms with Crippen LogP contribution in [-0.2, 0) is 15.1 Å². The molecule has 0 bridgehead atoms. The Morgan fingerprint density at radius 2 is 2.12 bits per heavy atom. The minimum absolute atomic E-state index is 0.429. The van der Waals surface area contributed by atoms with Gasteiger partial charge in [-0.25, -0.2) is 4.79 Å². The lowest BCUT2D eigenvalue weighted by Gasteiger charge is -2.38. The van der Waals surface area contributed by atoms with E-state index in [4.69, 9.17) is 9.15 Å². The average Bonchev–Trinajstić information content (AvgIpc) is 2.76. The van der Waals surface area contributed by atoms with E-state index in [1.54, 1.807) is 19.1 Å². The van der Waals surface area contributed by atoms with Crippen LogP contribution in [0, 0.1) is 0 Å². The predicted octanol–water partition coefficient (Wildman–Crippen LogP) is 1.67. The van der Waals surface area contributed by atoms with Crippen LogP contribution in [0.5, 0.6) is 0 Å². The van der Waals surface area contributed by atoms with Gasteiger partial charge in [-0.05, 0) is 35.0 Å². The molecule has 1 aromatic heterocycles. The van der Waals surface area contributed by atoms with E-state index in [0.717, 1.165) is 0 Å². The smallest absolute Gasteiger partial charge is 0.331 e. The van der Waals surface area contributed by atoms with Crippen LogP contribution in [-0.4, -0.2) is 42.3 Å². The van der Waals surface area contributed by atoms with Crippen LogP contribution in [0.25, 0.3) is 0 Å². The quantitative estimate of drug-likeness (QED) is 0.920. The zero-order chi connectivity index (χ0) is 12.5. The highest BCUT2D eigenvalue weighted by Crippen LogP contribution is 2.32. The maximum atomic E-state index is 11.6. The van der Waals surface area contributed by atoms with Crippen LogP contribution < -0.4 is 0 Å². The maximum absolute atomic E-state index is 11.6. The summed E-state index contributed by atoms with van der Waals surface area (Å²) in [5.74, 6) is -0.486. The average molecular weight is 304 g/mol. The molecule has 5 nitrogen and oxygen atoms in total. The molecule has 0 saturated carbocycles. The highest BCUT2D eigenvalue weighted by atomic mass is 79.9. The molecule has 0 radical (unpaired) electrons. The van der Waals surface area contributed by atoms with Gasteiger partial charge in [-0.15, -0.1) is 0 Å². The van der Waals surface area contributed by atoms with Crippen molar-refractivity contribution >= 4 is 21.9 Å². The Hall–Kier alpha value is -0.850. The Morgan fingerprint density at radius 3 is 2.59 bits per heavy atom. The van der Waals surface area contributed by atoms with Crippen LogP contribution in [0.1, 0.15) is 12.7 Å². The second-order valence-corrected chi connectivity index (χ2v) is 4.86. The van der Waals surface area contributed by atoms with Gasteiger partial charge in [0.2, 0.25) is 0 Å². The fraction of sp³-hybridized carbons (Fsp3) is 0.545. The van der Waals surface area contributed by atoms with Gasteiger partial charge < -0.3 is 14.3 Å². The summed E-state index contributed by atoms with van der Waals surface area (Å²) in [5.41, 5.74) is -1.14. The standard InChI is InChI=1S/C11H14BrNO4/c1-11(10(14)15,8-2-3-9(12)17-8)13-4-6-16-7-5-13/h2-3H,4-7H2,1H3,(H,14,15). The van der Waals surface area contributed by atoms with Crippen molar-refractivity contribution in [1.29, 1.82) is 0 Å². The molecule has 2 heterocycles. The summed E-state index contributed by atoms with van der Waals surface area (Å²) in [6, 6.07) is 3.39. The molecular formula is C11H14BrNO4. The number of morpholine rings is 1. The lowest BCUT2D eigenvalue weighted by Crippen LogP contribution is -2.54. The summed E-state index contributed by atoms with van der Waals surface area (Å²) < 4.78 is 11.2. The van der Waals surface area contributed by atoms with Gasteiger partial charge in [-0.1, -0.05) is 0 Å². The van der Waals surface area contributed by atoms with Crippen LogP contribution >= 0.6 is 15.9 Å². The molecule has 94 valence electrons. The summed E-state index contributed by atoms with van der Waals surface area (Å²) in [6.45, 7) is 3.92. The van der Waals surface area contributed by atoms with E-state index in [2.05, 4.69) is 15.9 Å². The molecule has 6 heteroatoms. The second-order valence-electron chi connectivity index (χ2n) is 4.08. The Bertz CT molecular complexity index is 413. The molecule has 1 atom stereocenters. The first kappa shape index (κ1) is 12.6. The zero-order valence-electron chi connectivity index (χ0n) is 9.48. The summed E-state index contributed by atoms with van der Waals surface area (Å²) in [4.78, 5) is 13.4. The van der Waals surface area contributed by atoms with Gasteiger partial charge in [0.25, 0.3) is 0 Å². The molecule has 0 amide bonds. The van der Waals surface area contributed by atoms with Crippen molar-refractivity contribution in [2.75, 3.05) is 26.3 Å². The topological polar surface area (TPSA) is 62.9 Å². The second kappa shape index (κ2) is 4.80. The van der Waals surface area contributed by atoms with Crippen LogP contribution in [0.2, 0.25) is 0 Å². The summed E-state index contributed by atoms with van der Waals surface area (Å²) in [7, 11) is 0. The number of ether oxygens (including phenoxy) is 1. The Labute approximate surface area is 107 Å². The van der Waals surface area contributed by atoms with Gasteiger partial charge in [-0.3, -0.25) is 4.90 Å². The van der Waals surface area contributed by atoms with Gasteiger partial charge >= 0.3 is 5.97 Å². The number of hydrogen-bond acceptors (Lipinski definition) is 4. The molecule has 0 spiro atoms. The molecule has 1 saturated heterocycles. The normalized spacial score (nSPS) is 21.1. The van der Waals surface area contributed by atoms with Gasteiger partial charge in [-0.2, -0.15) is 0 Å². The van der Waals surface area contributed by atoms with E-state index in [0.29, 0.717) is 36.7 Å². The predicted molar refractivity (Wildman–Crippen MR) is 63.8 cm³/mol. The summed E-state index contributed by atoms with van der Waals surface area (Å²) >= 11 is 3.19. The SMILES string of the molecule is CC(C(=O)O)(c1ccc(Br)o1)N1CCOCC1. The van der Waals surface area contributed by atoms with E-state index >= 15 is 0 Å². The molecule has 1 aliphatic heterocycles. The van der Waals surface area contributed by atoms with Crippen molar-refractivity contribution in [3.8, 4) is 0 Å². The van der Waals surface area contributed by atoms with Crippen molar-refractivity contribution in [3.63, 3.8) is 0 Å². The molecule has 1 unspecified atom stereocenters. The monoisotopic (exact) mass is 303 g/mol. The molecule has 17 heavy (non-hydrogen) atoms. The number of carbonyl (C=O) groups is 1. The Morgan fingerprint density at radius 1 is 1.47 bits per heavy atom. The number of furan rings is 1. The van der Waals surface area contributed by atoms with Gasteiger partial charge in [0.1, 0.15) is 5.76 Å². The minimum Gasteiger partial charge on any atom is -0.480 e. The van der Waals surface area contributed by atoms with Crippen molar-refractivity contribution in [2.24, 2.45) is 0 Å². The van der Waals surface area contributed by atoms with Gasteiger partial charge in [0, 0.05) is 13.1 Å². The van der Waals surface area contributed by atoms with Crippen molar-refractivity contribution < 1.29 is 19.1 Å². The highest BCUT2D eigenvalue weighted by molar-refractivity contribution is 9.10. The third-order valence-electron chi connectivity index (χ3n) is 3.11. The van der Waals surface area contributed by atoms with E-state index in [1.165, 1.54) is 0 Å². The lowest BCUT2D eigenvalue weighted by atomic mass is 9.96. The van der Waals surface area contributed by atoms with Gasteiger partial charge in [0.15, 0.2) is 10.2 Å². The molecule has 1 aromatic rings. The van der Waals surface area contributed by atoms with E-state index in [1.807, 2.05) is 4.90 Å². The first-order valence-electron chi connectivity index (χ1n) is 5.37. The number of rotatable bonds is 3. The molecule has 1 fully saturated rings. The molecule has 2 rings (SSSR count). The number of halogens is 1. The van der Waals surface area contributed by atoms with E-state index in [-0.39, 0.29) is 0 Å². The number of carboxylic acids is 1. The van der Waals surface area contributed by atoms with Crippen molar-refractivity contribution in [2.45, 2.75) is 12.5 Å². The number of carboxylic acid groups (broad SMARTS) is 1. The van der Waals surface area contributed by atoms with Crippen LogP contribution in [0.4, 0.5) is 0 Å². The summed E-state index contributed by atoms with van der Waals surface area (Å²) in [5, 5.41) is 9.49. The van der Waals surface area contributed by atoms with Crippen LogP contribution in [0.15, 0.2) is 21.2 Å². The third kappa shape index (κ3) is 2.25. The number of aliphatic carboxylic acids is 1. The van der Waals surface area contributed by atoms with Crippen LogP contribution in [0.3, 0.4) is 0 Å². The van der Waals surface area contributed by atoms with Gasteiger partial charge in [0.05, 0.1) is 13.2 Å². The summed E-state index contributed by atoms with van der Waals surface area (Å²) in [6.07, 6.45) is 0. The minimum atomic E-state index is -1.14. The Kier molecular flexibility index (Phi) is 3.56. The fourth-order valence-electron chi connectivity index (χ4n) is 1.98. The molecular weight excluding hydrogens is 290 g/mol. The van der Waals surface area contributed by atoms with Crippen molar-refractivity contribution in [3.05, 3.63) is 22.6 Å². The first-order chi connectivity index (χ1) is 8.05. The molecule has 0 aromatic carbocycles. The van der Waals surface area contributed by atoms with E-state index < -0.39 is 11.5 Å². The molecule has 0 aliphatic carbocycles. The molecule has 1 N–H and O–H groups in total. The third-order valence-corrected chi connectivity index (χ3v) is 3.54. The maximum Gasteiger partial charge on any atom is 0.331 e. The molecule has 1 aliphatic rings. The number of hydrogen-bond donors (Lipinski definition) is 1. The zero-order valence-corrected chi connectivity index (χ0v) is 11.1. The largest absolute Gasteiger partial charge is 0.480 e. The van der Waals surface area contributed by atoms with E-state index in [9.17, 15) is 9.90 Å². The Balaban J connectivity index is 2.34. The van der Waals surface area contributed by atoms with Crippen molar-refractivity contribution in [1.82, 2.24) is 4.90 Å². The highest BCUT2D eigenvalue weighted by Gasteiger charge is 2.44. The lowest BCUT2D eigenvalue weighted by molar-refractivity contribution is -0.156. The fourth-order valence-corrected chi connectivity index (χ4v) is 2.29.